The van der Waals surface area contributed by atoms with Crippen LogP contribution in [0.3, 0.4) is 0 Å². The van der Waals surface area contributed by atoms with Crippen molar-refractivity contribution in [3.63, 3.8) is 0 Å². The van der Waals surface area contributed by atoms with Gasteiger partial charge < -0.3 is 15.8 Å². The molecule has 0 amide bonds. The van der Waals surface area contributed by atoms with Gasteiger partial charge in [-0.2, -0.15) is 4.98 Å². The van der Waals surface area contributed by atoms with E-state index in [4.69, 9.17) is 10.5 Å². The largest absolute Gasteiger partial charge is 0.437 e. The summed E-state index contributed by atoms with van der Waals surface area (Å²) in [5.74, 6) is 1.65. The molecule has 0 unspecified atom stereocenters. The molecule has 3 N–H and O–H groups in total. The fourth-order valence-corrected chi connectivity index (χ4v) is 1.86. The number of nitrogens with two attached hydrogens (primary N) is 1. The smallest absolute Gasteiger partial charge is 0.248 e. The van der Waals surface area contributed by atoms with Gasteiger partial charge in [0.1, 0.15) is 17.8 Å². The number of rotatable bonds is 6. The molecule has 0 spiro atoms. The first-order valence-electron chi connectivity index (χ1n) is 6.48. The molecule has 0 atom stereocenters. The summed E-state index contributed by atoms with van der Waals surface area (Å²) in [6, 6.07) is 7.48. The second-order valence-electron chi connectivity index (χ2n) is 4.28. The van der Waals surface area contributed by atoms with Crippen LogP contribution in [0.5, 0.6) is 11.6 Å². The summed E-state index contributed by atoms with van der Waals surface area (Å²) in [5.41, 5.74) is 6.44. The fourth-order valence-electron chi connectivity index (χ4n) is 1.60. The van der Waals surface area contributed by atoms with Crippen molar-refractivity contribution in [2.45, 2.75) is 19.8 Å². The second-order valence-corrected chi connectivity index (χ2v) is 5.19. The highest BCUT2D eigenvalue weighted by atomic mass is 79.9. The standard InChI is InChI=1S/C14H17BrN4O/c1-2-3-8-17-13-12(16)14(19-9-18-13)20-11-6-4-10(15)5-7-11/h4-7,9H,2-3,8,16H2,1H3,(H,17,18,19). The van der Waals surface area contributed by atoms with Gasteiger partial charge in [-0.25, -0.2) is 4.98 Å². The number of benzene rings is 1. The first-order valence-corrected chi connectivity index (χ1v) is 7.27. The molecule has 0 saturated heterocycles. The van der Waals surface area contributed by atoms with Crippen LogP contribution in [-0.2, 0) is 0 Å². The zero-order valence-corrected chi connectivity index (χ0v) is 12.9. The fraction of sp³-hybridized carbons (Fsp3) is 0.286. The molecule has 0 bridgehead atoms. The molecule has 2 rings (SSSR count). The Balaban J connectivity index is 2.11. The van der Waals surface area contributed by atoms with Crippen LogP contribution in [0.2, 0.25) is 0 Å². The van der Waals surface area contributed by atoms with E-state index in [1.165, 1.54) is 6.33 Å². The van der Waals surface area contributed by atoms with Gasteiger partial charge in [-0.1, -0.05) is 29.3 Å². The molecule has 0 aliphatic carbocycles. The predicted molar refractivity (Wildman–Crippen MR) is 84.1 cm³/mol. The molecule has 0 fully saturated rings. The summed E-state index contributed by atoms with van der Waals surface area (Å²) in [6.45, 7) is 2.96. The molecule has 1 aromatic carbocycles. The van der Waals surface area contributed by atoms with Gasteiger partial charge in [0, 0.05) is 11.0 Å². The van der Waals surface area contributed by atoms with E-state index in [0.29, 0.717) is 23.1 Å². The number of hydrogen-bond donors (Lipinski definition) is 2. The van der Waals surface area contributed by atoms with E-state index in [2.05, 4.69) is 38.1 Å². The highest BCUT2D eigenvalue weighted by molar-refractivity contribution is 9.10. The average Bonchev–Trinajstić information content (AvgIpc) is 2.45. The Kier molecular flexibility index (Phi) is 5.17. The van der Waals surface area contributed by atoms with Crippen LogP contribution in [0.4, 0.5) is 11.5 Å². The lowest BCUT2D eigenvalue weighted by Crippen LogP contribution is -2.07. The number of anilines is 2. The molecular weight excluding hydrogens is 320 g/mol. The molecule has 1 aromatic heterocycles. The SMILES string of the molecule is CCCCNc1ncnc(Oc2ccc(Br)cc2)c1N. The summed E-state index contributed by atoms with van der Waals surface area (Å²) in [5, 5.41) is 3.19. The Labute approximate surface area is 126 Å². The van der Waals surface area contributed by atoms with Crippen molar-refractivity contribution >= 4 is 27.4 Å². The van der Waals surface area contributed by atoms with E-state index >= 15 is 0 Å². The zero-order valence-electron chi connectivity index (χ0n) is 11.3. The lowest BCUT2D eigenvalue weighted by atomic mass is 10.3. The Hall–Kier alpha value is -1.82. The molecule has 0 aliphatic rings. The molecule has 5 nitrogen and oxygen atoms in total. The van der Waals surface area contributed by atoms with E-state index in [9.17, 15) is 0 Å². The number of nitrogens with one attached hydrogen (secondary N) is 1. The quantitative estimate of drug-likeness (QED) is 0.784. The van der Waals surface area contributed by atoms with E-state index < -0.39 is 0 Å². The van der Waals surface area contributed by atoms with Crippen LogP contribution < -0.4 is 15.8 Å². The van der Waals surface area contributed by atoms with Gasteiger partial charge >= 0.3 is 0 Å². The molecule has 20 heavy (non-hydrogen) atoms. The van der Waals surface area contributed by atoms with Crippen molar-refractivity contribution in [1.29, 1.82) is 0 Å². The maximum atomic E-state index is 6.02. The first-order chi connectivity index (χ1) is 9.70. The van der Waals surface area contributed by atoms with Crippen molar-refractivity contribution in [3.05, 3.63) is 35.1 Å². The van der Waals surface area contributed by atoms with Crippen LogP contribution in [0.1, 0.15) is 19.8 Å². The summed E-state index contributed by atoms with van der Waals surface area (Å²) in [4.78, 5) is 8.21. The van der Waals surface area contributed by atoms with Crippen molar-refractivity contribution in [3.8, 4) is 11.6 Å². The third-order valence-electron chi connectivity index (χ3n) is 2.70. The minimum Gasteiger partial charge on any atom is -0.437 e. The minimum absolute atomic E-state index is 0.362. The number of unbranched alkanes of at least 4 members (excludes halogenated alkanes) is 1. The summed E-state index contributed by atoms with van der Waals surface area (Å²) in [7, 11) is 0. The Morgan fingerprint density at radius 3 is 2.70 bits per heavy atom. The Bertz CT molecular complexity index is 560. The highest BCUT2D eigenvalue weighted by Crippen LogP contribution is 2.29. The molecule has 2 aromatic rings. The Morgan fingerprint density at radius 2 is 2.00 bits per heavy atom. The average molecular weight is 337 g/mol. The third kappa shape index (κ3) is 3.84. The molecule has 1 heterocycles. The number of hydrogen-bond acceptors (Lipinski definition) is 5. The van der Waals surface area contributed by atoms with Gasteiger partial charge in [-0.15, -0.1) is 0 Å². The normalized spacial score (nSPS) is 10.3. The maximum absolute atomic E-state index is 6.02. The van der Waals surface area contributed by atoms with Gasteiger partial charge in [0.2, 0.25) is 5.88 Å². The number of ether oxygens (including phenoxy) is 1. The molecule has 106 valence electrons. The van der Waals surface area contributed by atoms with Crippen LogP contribution in [0, 0.1) is 0 Å². The van der Waals surface area contributed by atoms with Gasteiger partial charge in [-0.3, -0.25) is 0 Å². The minimum atomic E-state index is 0.362. The summed E-state index contributed by atoms with van der Waals surface area (Å²) in [6.07, 6.45) is 3.62. The number of nitrogen functional groups attached to an aromatic ring is 1. The van der Waals surface area contributed by atoms with E-state index in [1.807, 2.05) is 24.3 Å². The van der Waals surface area contributed by atoms with Crippen LogP contribution in [0.25, 0.3) is 0 Å². The van der Waals surface area contributed by atoms with Gasteiger partial charge in [0.05, 0.1) is 0 Å². The summed E-state index contributed by atoms with van der Waals surface area (Å²) < 4.78 is 6.66. The van der Waals surface area contributed by atoms with Crippen molar-refractivity contribution in [2.24, 2.45) is 0 Å². The van der Waals surface area contributed by atoms with Crippen LogP contribution >= 0.6 is 15.9 Å². The van der Waals surface area contributed by atoms with E-state index in [1.54, 1.807) is 0 Å². The van der Waals surface area contributed by atoms with Crippen LogP contribution in [-0.4, -0.2) is 16.5 Å². The monoisotopic (exact) mass is 336 g/mol. The number of aromatic nitrogens is 2. The summed E-state index contributed by atoms with van der Waals surface area (Å²) >= 11 is 3.38. The topological polar surface area (TPSA) is 73.1 Å². The van der Waals surface area contributed by atoms with Crippen molar-refractivity contribution in [1.82, 2.24) is 9.97 Å². The molecule has 0 radical (unpaired) electrons. The van der Waals surface area contributed by atoms with Crippen molar-refractivity contribution in [2.75, 3.05) is 17.6 Å². The highest BCUT2D eigenvalue weighted by Gasteiger charge is 2.09. The first kappa shape index (κ1) is 14.6. The molecule has 0 saturated carbocycles. The maximum Gasteiger partial charge on any atom is 0.248 e. The van der Waals surface area contributed by atoms with Crippen molar-refractivity contribution < 1.29 is 4.74 Å². The van der Waals surface area contributed by atoms with Gasteiger partial charge in [0.25, 0.3) is 0 Å². The molecular formula is C14H17BrN4O. The second kappa shape index (κ2) is 7.09. The lowest BCUT2D eigenvalue weighted by Gasteiger charge is -2.11. The van der Waals surface area contributed by atoms with Gasteiger partial charge in [0.15, 0.2) is 5.82 Å². The lowest BCUT2D eigenvalue weighted by molar-refractivity contribution is 0.464. The number of nitrogens with zero attached hydrogens (tertiary/aromatic N) is 2. The number of halogens is 1. The zero-order chi connectivity index (χ0) is 14.4. The van der Waals surface area contributed by atoms with E-state index in [-0.39, 0.29) is 0 Å². The van der Waals surface area contributed by atoms with E-state index in [0.717, 1.165) is 23.9 Å². The third-order valence-corrected chi connectivity index (χ3v) is 3.23. The van der Waals surface area contributed by atoms with Gasteiger partial charge in [-0.05, 0) is 30.7 Å². The predicted octanol–water partition coefficient (Wildman–Crippen LogP) is 3.83. The van der Waals surface area contributed by atoms with Crippen LogP contribution in [0.15, 0.2) is 35.1 Å². The molecule has 6 heteroatoms. The molecule has 0 aliphatic heterocycles. The Morgan fingerprint density at radius 1 is 1.25 bits per heavy atom.